The molecule has 0 saturated carbocycles. The van der Waals surface area contributed by atoms with Gasteiger partial charge in [-0.3, -0.25) is 14.0 Å². The second kappa shape index (κ2) is 6.86. The lowest BCUT2D eigenvalue weighted by atomic mass is 10.2. The summed E-state index contributed by atoms with van der Waals surface area (Å²) in [6, 6.07) is 11.6. The van der Waals surface area contributed by atoms with Crippen LogP contribution in [0, 0.1) is 6.92 Å². The van der Waals surface area contributed by atoms with Gasteiger partial charge in [0.1, 0.15) is 5.82 Å². The number of rotatable bonds is 3. The SMILES string of the molecule is Cc1cc(C(=O)N2CCc3nn(Cc4ccccc4)c(=O)n3CC2)nn1C. The van der Waals surface area contributed by atoms with Crippen molar-refractivity contribution in [1.82, 2.24) is 29.0 Å². The van der Waals surface area contributed by atoms with Crippen LogP contribution in [-0.2, 0) is 26.6 Å². The molecule has 0 N–H and O–H groups in total. The lowest BCUT2D eigenvalue weighted by Gasteiger charge is -2.18. The standard InChI is InChI=1S/C19H22N6O2/c1-14-12-16(20-22(14)2)18(26)23-9-8-17-21-25(19(27)24(17)11-10-23)13-15-6-4-3-5-7-15/h3-7,12H,8-11,13H2,1-2H3. The maximum atomic E-state index is 12.7. The van der Waals surface area contributed by atoms with Crippen LogP contribution in [0.15, 0.2) is 41.2 Å². The summed E-state index contributed by atoms with van der Waals surface area (Å²) in [5.41, 5.74) is 2.29. The predicted octanol–water partition coefficient (Wildman–Crippen LogP) is 0.834. The average molecular weight is 366 g/mol. The quantitative estimate of drug-likeness (QED) is 0.688. The Balaban J connectivity index is 1.51. The Bertz CT molecular complexity index is 1010. The number of aryl methyl sites for hydroxylation is 2. The van der Waals surface area contributed by atoms with E-state index in [2.05, 4.69) is 10.2 Å². The van der Waals surface area contributed by atoms with Gasteiger partial charge in [0.25, 0.3) is 5.91 Å². The maximum Gasteiger partial charge on any atom is 0.346 e. The summed E-state index contributed by atoms with van der Waals surface area (Å²) < 4.78 is 4.88. The molecular formula is C19H22N6O2. The monoisotopic (exact) mass is 366 g/mol. The largest absolute Gasteiger partial charge is 0.346 e. The minimum Gasteiger partial charge on any atom is -0.335 e. The lowest BCUT2D eigenvalue weighted by molar-refractivity contribution is 0.0752. The summed E-state index contributed by atoms with van der Waals surface area (Å²) in [6.45, 7) is 3.81. The van der Waals surface area contributed by atoms with Crippen molar-refractivity contribution in [1.29, 1.82) is 0 Å². The highest BCUT2D eigenvalue weighted by atomic mass is 16.2. The molecule has 3 aromatic rings. The zero-order valence-electron chi connectivity index (χ0n) is 15.5. The Labute approximate surface area is 156 Å². The molecule has 0 aliphatic carbocycles. The Hall–Kier alpha value is -3.16. The van der Waals surface area contributed by atoms with Crippen LogP contribution in [-0.4, -0.2) is 48.0 Å². The zero-order chi connectivity index (χ0) is 19.0. The summed E-state index contributed by atoms with van der Waals surface area (Å²) in [5.74, 6) is 0.623. The number of amides is 1. The van der Waals surface area contributed by atoms with Gasteiger partial charge in [-0.1, -0.05) is 30.3 Å². The Morgan fingerprint density at radius 2 is 1.89 bits per heavy atom. The van der Waals surface area contributed by atoms with Gasteiger partial charge < -0.3 is 4.90 Å². The van der Waals surface area contributed by atoms with Crippen molar-refractivity contribution in [3.8, 4) is 0 Å². The van der Waals surface area contributed by atoms with Crippen molar-refractivity contribution in [2.75, 3.05) is 13.1 Å². The van der Waals surface area contributed by atoms with Crippen molar-refractivity contribution < 1.29 is 4.79 Å². The van der Waals surface area contributed by atoms with Crippen LogP contribution in [0.3, 0.4) is 0 Å². The first-order valence-corrected chi connectivity index (χ1v) is 9.03. The molecule has 0 spiro atoms. The highest BCUT2D eigenvalue weighted by Crippen LogP contribution is 2.11. The van der Waals surface area contributed by atoms with Gasteiger partial charge in [0.05, 0.1) is 6.54 Å². The molecule has 0 saturated heterocycles. The normalized spacial score (nSPS) is 14.1. The molecule has 8 heteroatoms. The number of hydrogen-bond acceptors (Lipinski definition) is 4. The molecule has 0 unspecified atom stereocenters. The average Bonchev–Trinajstić information content (AvgIpc) is 3.06. The van der Waals surface area contributed by atoms with Crippen molar-refractivity contribution in [2.24, 2.45) is 7.05 Å². The van der Waals surface area contributed by atoms with E-state index in [1.165, 1.54) is 4.68 Å². The molecule has 3 heterocycles. The molecule has 0 radical (unpaired) electrons. The maximum absolute atomic E-state index is 12.7. The summed E-state index contributed by atoms with van der Waals surface area (Å²) >= 11 is 0. The summed E-state index contributed by atoms with van der Waals surface area (Å²) in [6.07, 6.45) is 0.550. The van der Waals surface area contributed by atoms with Gasteiger partial charge in [-0.05, 0) is 18.6 Å². The van der Waals surface area contributed by atoms with Crippen LogP contribution in [0.5, 0.6) is 0 Å². The van der Waals surface area contributed by atoms with Gasteiger partial charge in [-0.15, -0.1) is 0 Å². The highest BCUT2D eigenvalue weighted by molar-refractivity contribution is 5.92. The molecule has 2 aromatic heterocycles. The van der Waals surface area contributed by atoms with Crippen molar-refractivity contribution in [3.05, 3.63) is 69.7 Å². The molecular weight excluding hydrogens is 344 g/mol. The fourth-order valence-corrected chi connectivity index (χ4v) is 3.35. The zero-order valence-corrected chi connectivity index (χ0v) is 15.5. The third kappa shape index (κ3) is 3.30. The van der Waals surface area contributed by atoms with E-state index in [1.54, 1.807) is 20.2 Å². The third-order valence-electron chi connectivity index (χ3n) is 4.99. The molecule has 140 valence electrons. The Kier molecular flexibility index (Phi) is 4.39. The van der Waals surface area contributed by atoms with Gasteiger partial charge in [0, 0.05) is 38.8 Å². The first kappa shape index (κ1) is 17.3. The van der Waals surface area contributed by atoms with E-state index in [0.29, 0.717) is 38.3 Å². The van der Waals surface area contributed by atoms with Crippen LogP contribution in [0.2, 0.25) is 0 Å². The van der Waals surface area contributed by atoms with Gasteiger partial charge in [-0.25, -0.2) is 9.48 Å². The van der Waals surface area contributed by atoms with Crippen LogP contribution in [0.25, 0.3) is 0 Å². The lowest BCUT2D eigenvalue weighted by Crippen LogP contribution is -2.35. The van der Waals surface area contributed by atoms with E-state index in [4.69, 9.17) is 0 Å². The fraction of sp³-hybridized carbons (Fsp3) is 0.368. The first-order valence-electron chi connectivity index (χ1n) is 9.03. The third-order valence-corrected chi connectivity index (χ3v) is 4.99. The molecule has 0 fully saturated rings. The van der Waals surface area contributed by atoms with E-state index in [-0.39, 0.29) is 11.6 Å². The van der Waals surface area contributed by atoms with E-state index in [9.17, 15) is 9.59 Å². The minimum absolute atomic E-state index is 0.103. The van der Waals surface area contributed by atoms with E-state index < -0.39 is 0 Å². The van der Waals surface area contributed by atoms with E-state index in [0.717, 1.165) is 17.1 Å². The number of nitrogens with zero attached hydrogens (tertiary/aromatic N) is 6. The summed E-state index contributed by atoms with van der Waals surface area (Å²) in [7, 11) is 1.82. The van der Waals surface area contributed by atoms with Crippen LogP contribution >= 0.6 is 0 Å². The number of benzene rings is 1. The van der Waals surface area contributed by atoms with Crippen molar-refractivity contribution in [3.63, 3.8) is 0 Å². The minimum atomic E-state index is -0.128. The second-order valence-electron chi connectivity index (χ2n) is 6.83. The topological polar surface area (TPSA) is 78.0 Å². The van der Waals surface area contributed by atoms with Gasteiger partial charge in [0.2, 0.25) is 0 Å². The molecule has 1 amide bonds. The molecule has 4 rings (SSSR count). The molecule has 0 bridgehead atoms. The van der Waals surface area contributed by atoms with Crippen LogP contribution in [0.1, 0.15) is 27.6 Å². The molecule has 8 nitrogen and oxygen atoms in total. The summed E-state index contributed by atoms with van der Waals surface area (Å²) in [4.78, 5) is 27.2. The van der Waals surface area contributed by atoms with Crippen LogP contribution < -0.4 is 5.69 Å². The Morgan fingerprint density at radius 1 is 1.11 bits per heavy atom. The summed E-state index contributed by atoms with van der Waals surface area (Å²) in [5, 5.41) is 8.77. The van der Waals surface area contributed by atoms with Gasteiger partial charge in [-0.2, -0.15) is 10.2 Å². The molecule has 1 aliphatic rings. The predicted molar refractivity (Wildman–Crippen MR) is 99.6 cm³/mol. The molecule has 1 aromatic carbocycles. The molecule has 1 aliphatic heterocycles. The number of carbonyl (C=O) groups excluding carboxylic acids is 1. The molecule has 27 heavy (non-hydrogen) atoms. The first-order chi connectivity index (χ1) is 13.0. The fourth-order valence-electron chi connectivity index (χ4n) is 3.35. The number of fused-ring (bicyclic) bond motifs is 1. The number of aromatic nitrogens is 5. The van der Waals surface area contributed by atoms with Crippen molar-refractivity contribution >= 4 is 5.91 Å². The smallest absolute Gasteiger partial charge is 0.335 e. The van der Waals surface area contributed by atoms with Gasteiger partial charge >= 0.3 is 5.69 Å². The number of hydrogen-bond donors (Lipinski definition) is 0. The number of carbonyl (C=O) groups is 1. The van der Waals surface area contributed by atoms with E-state index in [1.807, 2.05) is 44.3 Å². The van der Waals surface area contributed by atoms with E-state index >= 15 is 0 Å². The molecule has 0 atom stereocenters. The van der Waals surface area contributed by atoms with Gasteiger partial charge in [0.15, 0.2) is 5.69 Å². The Morgan fingerprint density at radius 3 is 2.59 bits per heavy atom. The van der Waals surface area contributed by atoms with Crippen LogP contribution in [0.4, 0.5) is 0 Å². The second-order valence-corrected chi connectivity index (χ2v) is 6.83. The van der Waals surface area contributed by atoms with Crippen molar-refractivity contribution in [2.45, 2.75) is 26.4 Å². The highest BCUT2D eigenvalue weighted by Gasteiger charge is 2.24.